The summed E-state index contributed by atoms with van der Waals surface area (Å²) in [6, 6.07) is 17.6. The van der Waals surface area contributed by atoms with Crippen molar-refractivity contribution in [2.75, 3.05) is 22.9 Å². The summed E-state index contributed by atoms with van der Waals surface area (Å²) in [7, 11) is 0. The molecule has 3 aromatic carbocycles. The highest BCUT2D eigenvalue weighted by molar-refractivity contribution is 6.34. The smallest absolute Gasteiger partial charge is 0.197 e. The zero-order chi connectivity index (χ0) is 27.7. The number of phenolic OH excluding ortho intramolecular Hbond substituents is 2. The summed E-state index contributed by atoms with van der Waals surface area (Å²) in [5.41, 5.74) is 4.26. The van der Waals surface area contributed by atoms with Crippen LogP contribution >= 0.6 is 0 Å². The van der Waals surface area contributed by atoms with E-state index < -0.39 is 6.04 Å². The average Bonchev–Trinajstić information content (AvgIpc) is 2.85. The molecule has 0 radical (unpaired) electrons. The topological polar surface area (TPSA) is 84.2 Å². The largest absolute Gasteiger partial charge is 0.509 e. The number of Topliss-reactive ketones (excluding diaryl/α,β-unsaturated/α-hetero) is 1. The third kappa shape index (κ3) is 5.35. The molecule has 0 spiro atoms. The lowest BCUT2D eigenvalue weighted by molar-refractivity contribution is -0.116. The summed E-state index contributed by atoms with van der Waals surface area (Å²) >= 11 is 0. The Bertz CT molecular complexity index is 1260. The number of hydrogen-bond donors (Lipinski definition) is 3. The van der Waals surface area contributed by atoms with Gasteiger partial charge in [0.15, 0.2) is 11.8 Å². The van der Waals surface area contributed by atoms with E-state index in [1.807, 2.05) is 62.4 Å². The number of aromatic hydroxyl groups is 2. The first-order valence-electron chi connectivity index (χ1n) is 13.2. The molecule has 1 aliphatic rings. The molecule has 200 valence electrons. The minimum atomic E-state index is -0.965. The normalized spacial score (nSPS) is 15.3. The van der Waals surface area contributed by atoms with Gasteiger partial charge in [0.05, 0.1) is 11.1 Å². The minimum absolute atomic E-state index is 0.0330. The van der Waals surface area contributed by atoms with E-state index in [9.17, 15) is 20.1 Å². The highest BCUT2D eigenvalue weighted by Crippen LogP contribution is 2.47. The van der Waals surface area contributed by atoms with Crippen molar-refractivity contribution in [3.63, 3.8) is 0 Å². The van der Waals surface area contributed by atoms with Crippen molar-refractivity contribution in [1.82, 2.24) is 0 Å². The highest BCUT2D eigenvalue weighted by Gasteiger charge is 2.46. The van der Waals surface area contributed by atoms with E-state index in [0.717, 1.165) is 35.6 Å². The second kappa shape index (κ2) is 10.8. The lowest BCUT2D eigenvalue weighted by Gasteiger charge is -2.39. The fraction of sp³-hybridized carbons (Fsp3) is 0.344. The monoisotopic (exact) mass is 514 g/mol. The number of benzene rings is 3. The molecule has 0 amide bonds. The second-order valence-electron chi connectivity index (χ2n) is 11.1. The Balaban J connectivity index is 1.75. The van der Waals surface area contributed by atoms with Gasteiger partial charge >= 0.3 is 0 Å². The Hall–Kier alpha value is -3.93. The molecule has 0 fully saturated rings. The second-order valence-corrected chi connectivity index (χ2v) is 11.1. The van der Waals surface area contributed by atoms with Crippen LogP contribution in [0.5, 0.6) is 11.5 Å². The number of carbonyl (C=O) groups is 1. The van der Waals surface area contributed by atoms with Crippen LogP contribution in [0.25, 0.3) is 5.57 Å². The summed E-state index contributed by atoms with van der Waals surface area (Å²) in [6.45, 7) is 14.0. The molecular weight excluding hydrogens is 476 g/mol. The van der Waals surface area contributed by atoms with Gasteiger partial charge in [-0.25, -0.2) is 0 Å². The van der Waals surface area contributed by atoms with Crippen LogP contribution < -0.4 is 9.80 Å². The third-order valence-electron chi connectivity index (χ3n) is 6.76. The van der Waals surface area contributed by atoms with Crippen LogP contribution in [0.4, 0.5) is 17.1 Å². The lowest BCUT2D eigenvalue weighted by atomic mass is 9.81. The zero-order valence-electron chi connectivity index (χ0n) is 23.1. The first kappa shape index (κ1) is 27.1. The molecule has 4 rings (SSSR count). The first-order valence-corrected chi connectivity index (χ1v) is 13.2. The lowest BCUT2D eigenvalue weighted by Crippen LogP contribution is -2.47. The predicted octanol–water partition coefficient (Wildman–Crippen LogP) is 6.89. The number of ketones is 1. The summed E-state index contributed by atoms with van der Waals surface area (Å²) in [5.74, 6) is -0.258. The van der Waals surface area contributed by atoms with Gasteiger partial charge in [0.1, 0.15) is 17.3 Å². The van der Waals surface area contributed by atoms with E-state index in [4.69, 9.17) is 0 Å². The molecule has 0 aliphatic heterocycles. The van der Waals surface area contributed by atoms with E-state index in [1.54, 1.807) is 17.0 Å². The average molecular weight is 515 g/mol. The molecule has 6 nitrogen and oxygen atoms in total. The molecular formula is C32H38N2O4. The summed E-state index contributed by atoms with van der Waals surface area (Å²) < 4.78 is 0. The fourth-order valence-electron chi connectivity index (χ4n) is 5.00. The van der Waals surface area contributed by atoms with E-state index in [0.29, 0.717) is 17.5 Å². The van der Waals surface area contributed by atoms with Crippen LogP contribution in [-0.2, 0) is 4.79 Å². The maximum Gasteiger partial charge on any atom is 0.197 e. The van der Waals surface area contributed by atoms with Gasteiger partial charge in [-0.1, -0.05) is 63.1 Å². The molecule has 1 aliphatic carbocycles. The van der Waals surface area contributed by atoms with Crippen LogP contribution in [0.15, 0.2) is 66.4 Å². The number of nitrogens with zero attached hydrogens (tertiary/aromatic N) is 2. The van der Waals surface area contributed by atoms with Gasteiger partial charge in [-0.2, -0.15) is 0 Å². The molecule has 38 heavy (non-hydrogen) atoms. The van der Waals surface area contributed by atoms with Gasteiger partial charge in [0.2, 0.25) is 0 Å². The Kier molecular flexibility index (Phi) is 7.72. The van der Waals surface area contributed by atoms with Crippen LogP contribution in [0.2, 0.25) is 0 Å². The van der Waals surface area contributed by atoms with Crippen LogP contribution in [0, 0.1) is 25.7 Å². The van der Waals surface area contributed by atoms with Crippen molar-refractivity contribution in [3.8, 4) is 11.5 Å². The van der Waals surface area contributed by atoms with Crippen LogP contribution in [0.3, 0.4) is 0 Å². The summed E-state index contributed by atoms with van der Waals surface area (Å²) in [4.78, 5) is 17.5. The molecule has 1 unspecified atom stereocenters. The summed E-state index contributed by atoms with van der Waals surface area (Å²) in [5, 5.41) is 33.2. The fourth-order valence-corrected chi connectivity index (χ4v) is 5.00. The number of phenols is 2. The van der Waals surface area contributed by atoms with Crippen molar-refractivity contribution in [2.24, 2.45) is 11.8 Å². The SMILES string of the molecule is Cc1ccc(N(c2ccc(C)cc2)C2C(=O)C(c3c(O)cc(N(CC(C)C)CC(C)C)cc3O)=C2O)cc1. The van der Waals surface area contributed by atoms with Gasteiger partial charge < -0.3 is 25.1 Å². The molecule has 0 aromatic heterocycles. The number of rotatable bonds is 9. The van der Waals surface area contributed by atoms with E-state index >= 15 is 0 Å². The molecule has 0 heterocycles. The van der Waals surface area contributed by atoms with Gasteiger partial charge in [0.25, 0.3) is 0 Å². The Morgan fingerprint density at radius 3 is 1.50 bits per heavy atom. The molecule has 3 aromatic rings. The number of anilines is 3. The number of aliphatic hydroxyl groups excluding tert-OH is 1. The Morgan fingerprint density at radius 2 is 1.13 bits per heavy atom. The van der Waals surface area contributed by atoms with Crippen molar-refractivity contribution in [2.45, 2.75) is 47.6 Å². The minimum Gasteiger partial charge on any atom is -0.509 e. The molecule has 0 bridgehead atoms. The molecule has 0 saturated heterocycles. The van der Waals surface area contributed by atoms with Gasteiger partial charge in [-0.05, 0) is 49.9 Å². The standard InChI is InChI=1S/C32H38N2O4/c1-19(2)17-33(18-20(3)4)25-15-26(35)28(27(36)16-25)29-31(37)30(32(29)38)34(23-11-7-21(5)8-12-23)24-13-9-22(6)10-14-24/h7-16,19-20,30,35-37H,17-18H2,1-6H3. The van der Waals surface area contributed by atoms with Gasteiger partial charge in [0, 0.05) is 42.3 Å². The van der Waals surface area contributed by atoms with Crippen molar-refractivity contribution >= 4 is 28.4 Å². The van der Waals surface area contributed by atoms with Crippen molar-refractivity contribution < 1.29 is 20.1 Å². The van der Waals surface area contributed by atoms with E-state index in [2.05, 4.69) is 32.6 Å². The summed E-state index contributed by atoms with van der Waals surface area (Å²) in [6.07, 6.45) is 0. The Morgan fingerprint density at radius 1 is 0.711 bits per heavy atom. The quantitative estimate of drug-likeness (QED) is 0.288. The first-order chi connectivity index (χ1) is 18.0. The van der Waals surface area contributed by atoms with Crippen molar-refractivity contribution in [3.05, 3.63) is 83.1 Å². The van der Waals surface area contributed by atoms with Gasteiger partial charge in [-0.3, -0.25) is 4.79 Å². The van der Waals surface area contributed by atoms with Gasteiger partial charge in [-0.15, -0.1) is 0 Å². The molecule has 0 saturated carbocycles. The van der Waals surface area contributed by atoms with E-state index in [1.165, 1.54) is 0 Å². The maximum atomic E-state index is 13.6. The maximum absolute atomic E-state index is 13.6. The zero-order valence-corrected chi connectivity index (χ0v) is 23.1. The third-order valence-corrected chi connectivity index (χ3v) is 6.76. The molecule has 6 heteroatoms. The van der Waals surface area contributed by atoms with Crippen LogP contribution in [0.1, 0.15) is 44.4 Å². The number of aliphatic hydroxyl groups is 1. The van der Waals surface area contributed by atoms with Crippen LogP contribution in [-0.4, -0.2) is 40.2 Å². The highest BCUT2D eigenvalue weighted by atomic mass is 16.3. The molecule has 3 N–H and O–H groups in total. The molecule has 1 atom stereocenters. The number of aryl methyl sites for hydroxylation is 2. The predicted molar refractivity (Wildman–Crippen MR) is 155 cm³/mol. The van der Waals surface area contributed by atoms with Crippen molar-refractivity contribution in [1.29, 1.82) is 0 Å². The Labute approximate surface area is 225 Å². The number of carbonyl (C=O) groups excluding carboxylic acids is 1. The van der Waals surface area contributed by atoms with E-state index in [-0.39, 0.29) is 34.2 Å². The number of hydrogen-bond acceptors (Lipinski definition) is 6.